The van der Waals surface area contributed by atoms with Gasteiger partial charge in [-0.05, 0) is 29.5 Å². The summed E-state index contributed by atoms with van der Waals surface area (Å²) in [6, 6.07) is 6.58. The molecule has 6 heteroatoms. The van der Waals surface area contributed by atoms with Crippen LogP contribution in [0.1, 0.15) is 26.3 Å². The number of benzene rings is 1. The second-order valence-corrected chi connectivity index (χ2v) is 6.44. The summed E-state index contributed by atoms with van der Waals surface area (Å²) in [5.74, 6) is -1.01. The maximum absolute atomic E-state index is 12.5. The number of ether oxygens (including phenoxy) is 1. The monoisotopic (exact) mass is 335 g/mol. The molecule has 0 saturated carbocycles. The lowest BCUT2D eigenvalue weighted by molar-refractivity contribution is -0.131. The zero-order valence-corrected chi connectivity index (χ0v) is 13.7. The molecule has 0 radical (unpaired) electrons. The number of hydrogen-bond donors (Lipinski definition) is 1. The van der Waals surface area contributed by atoms with E-state index in [-0.39, 0.29) is 11.2 Å². The number of halogens is 2. The Morgan fingerprint density at radius 1 is 1.33 bits per heavy atom. The van der Waals surface area contributed by atoms with Gasteiger partial charge in [-0.3, -0.25) is 4.98 Å². The Kier molecular flexibility index (Phi) is 5.17. The van der Waals surface area contributed by atoms with Crippen LogP contribution in [0.3, 0.4) is 0 Å². The van der Waals surface area contributed by atoms with Crippen LogP contribution >= 0.6 is 0 Å². The number of carboxylic acids is 1. The molecule has 0 bridgehead atoms. The Labute approximate surface area is 138 Å². The average molecular weight is 335 g/mol. The van der Waals surface area contributed by atoms with Gasteiger partial charge in [-0.1, -0.05) is 38.5 Å². The fourth-order valence-electron chi connectivity index (χ4n) is 2.44. The number of alkyl halides is 2. The third-order valence-corrected chi connectivity index (χ3v) is 3.68. The molecule has 0 aliphatic rings. The van der Waals surface area contributed by atoms with E-state index in [4.69, 9.17) is 5.11 Å². The van der Waals surface area contributed by atoms with Crippen molar-refractivity contribution >= 4 is 16.9 Å². The van der Waals surface area contributed by atoms with E-state index in [2.05, 4.69) is 9.72 Å². The van der Waals surface area contributed by atoms with Crippen molar-refractivity contribution in [1.82, 2.24) is 4.98 Å². The average Bonchev–Trinajstić information content (AvgIpc) is 2.47. The summed E-state index contributed by atoms with van der Waals surface area (Å²) in [5.41, 5.74) is 1.52. The van der Waals surface area contributed by atoms with E-state index < -0.39 is 12.6 Å². The van der Waals surface area contributed by atoms with Gasteiger partial charge >= 0.3 is 12.6 Å². The molecule has 0 aliphatic heterocycles. The van der Waals surface area contributed by atoms with Gasteiger partial charge in [0.1, 0.15) is 5.52 Å². The number of nitrogens with zero attached hydrogens (tertiary/aromatic N) is 1. The SMILES string of the molecule is CC(C)(C)/C(=C\C(=O)O)Cc1ccc(OC(F)F)c2ncccc12. The Hall–Kier alpha value is -2.50. The van der Waals surface area contributed by atoms with Crippen LogP contribution in [0, 0.1) is 5.41 Å². The van der Waals surface area contributed by atoms with Crippen molar-refractivity contribution in [3.8, 4) is 5.75 Å². The first-order valence-electron chi connectivity index (χ1n) is 7.44. The van der Waals surface area contributed by atoms with E-state index in [1.54, 1.807) is 18.2 Å². The Balaban J connectivity index is 2.52. The van der Waals surface area contributed by atoms with Crippen LogP contribution in [0.5, 0.6) is 5.75 Å². The van der Waals surface area contributed by atoms with Crippen LogP contribution in [0.2, 0.25) is 0 Å². The zero-order chi connectivity index (χ0) is 17.9. The molecule has 1 N–H and O–H groups in total. The maximum Gasteiger partial charge on any atom is 0.387 e. The van der Waals surface area contributed by atoms with Gasteiger partial charge in [0.05, 0.1) is 0 Å². The smallest absolute Gasteiger partial charge is 0.387 e. The summed E-state index contributed by atoms with van der Waals surface area (Å²) in [7, 11) is 0. The van der Waals surface area contributed by atoms with Crippen LogP contribution in [-0.2, 0) is 11.2 Å². The summed E-state index contributed by atoms with van der Waals surface area (Å²) in [6.07, 6.45) is 3.08. The van der Waals surface area contributed by atoms with Crippen molar-refractivity contribution in [2.45, 2.75) is 33.8 Å². The minimum absolute atomic E-state index is 0.00359. The second-order valence-electron chi connectivity index (χ2n) is 6.44. The maximum atomic E-state index is 12.5. The van der Waals surface area contributed by atoms with Crippen molar-refractivity contribution in [3.63, 3.8) is 0 Å². The number of pyridine rings is 1. The predicted molar refractivity (Wildman–Crippen MR) is 87.3 cm³/mol. The molecule has 2 rings (SSSR count). The molecule has 24 heavy (non-hydrogen) atoms. The topological polar surface area (TPSA) is 59.4 Å². The standard InChI is InChI=1S/C18H19F2NO3/c1-18(2,3)12(10-15(22)23)9-11-6-7-14(24-17(19)20)16-13(11)5-4-8-21-16/h4-8,10,17H,9H2,1-3H3,(H,22,23)/b12-10-. The van der Waals surface area contributed by atoms with Gasteiger partial charge in [-0.2, -0.15) is 8.78 Å². The molecule has 1 heterocycles. The van der Waals surface area contributed by atoms with Crippen LogP contribution in [-0.4, -0.2) is 22.7 Å². The van der Waals surface area contributed by atoms with Crippen molar-refractivity contribution in [2.24, 2.45) is 5.41 Å². The zero-order valence-electron chi connectivity index (χ0n) is 13.7. The van der Waals surface area contributed by atoms with Gasteiger partial charge in [0.15, 0.2) is 5.75 Å². The van der Waals surface area contributed by atoms with Gasteiger partial charge in [0.2, 0.25) is 0 Å². The number of carboxylic acid groups (broad SMARTS) is 1. The first-order valence-corrected chi connectivity index (χ1v) is 7.44. The Morgan fingerprint density at radius 3 is 2.62 bits per heavy atom. The molecule has 2 aromatic rings. The number of aliphatic carboxylic acids is 1. The van der Waals surface area contributed by atoms with Crippen LogP contribution in [0.15, 0.2) is 42.1 Å². The van der Waals surface area contributed by atoms with E-state index in [0.717, 1.165) is 11.1 Å². The van der Waals surface area contributed by atoms with Gasteiger partial charge in [-0.15, -0.1) is 0 Å². The van der Waals surface area contributed by atoms with Gasteiger partial charge in [0, 0.05) is 17.7 Å². The van der Waals surface area contributed by atoms with Crippen LogP contribution in [0.4, 0.5) is 8.78 Å². The third-order valence-electron chi connectivity index (χ3n) is 3.68. The summed E-state index contributed by atoms with van der Waals surface area (Å²) < 4.78 is 29.6. The first kappa shape index (κ1) is 17.8. The molecule has 4 nitrogen and oxygen atoms in total. The highest BCUT2D eigenvalue weighted by Gasteiger charge is 2.20. The number of rotatable bonds is 5. The van der Waals surface area contributed by atoms with Gasteiger partial charge in [-0.25, -0.2) is 4.79 Å². The first-order chi connectivity index (χ1) is 11.2. The fourth-order valence-corrected chi connectivity index (χ4v) is 2.44. The predicted octanol–water partition coefficient (Wildman–Crippen LogP) is 4.44. The van der Waals surface area contributed by atoms with Crippen molar-refractivity contribution in [1.29, 1.82) is 0 Å². The molecule has 1 aromatic heterocycles. The number of fused-ring (bicyclic) bond motifs is 1. The van der Waals surface area contributed by atoms with E-state index in [9.17, 15) is 13.6 Å². The largest absolute Gasteiger partial charge is 0.478 e. The summed E-state index contributed by atoms with van der Waals surface area (Å²) in [4.78, 5) is 15.2. The number of aromatic nitrogens is 1. The normalized spacial score (nSPS) is 12.7. The van der Waals surface area contributed by atoms with Crippen molar-refractivity contribution < 1.29 is 23.4 Å². The molecule has 0 unspecified atom stereocenters. The minimum atomic E-state index is -2.93. The Morgan fingerprint density at radius 2 is 2.04 bits per heavy atom. The van der Waals surface area contributed by atoms with Crippen molar-refractivity contribution in [3.05, 3.63) is 47.7 Å². The highest BCUT2D eigenvalue weighted by Crippen LogP contribution is 2.33. The molecule has 0 saturated heterocycles. The highest BCUT2D eigenvalue weighted by atomic mass is 19.3. The van der Waals surface area contributed by atoms with E-state index in [0.29, 0.717) is 17.3 Å². The molecule has 0 spiro atoms. The quantitative estimate of drug-likeness (QED) is 0.821. The number of carbonyl (C=O) groups is 1. The van der Waals surface area contributed by atoms with Gasteiger partial charge in [0.25, 0.3) is 0 Å². The third kappa shape index (κ3) is 4.28. The molecule has 0 atom stereocenters. The van der Waals surface area contributed by atoms with Crippen molar-refractivity contribution in [2.75, 3.05) is 0 Å². The molecule has 0 fully saturated rings. The molecule has 128 valence electrons. The lowest BCUT2D eigenvalue weighted by atomic mass is 9.82. The second kappa shape index (κ2) is 6.95. The molecule has 0 amide bonds. The summed E-state index contributed by atoms with van der Waals surface area (Å²) in [6.45, 7) is 2.85. The summed E-state index contributed by atoms with van der Waals surface area (Å²) >= 11 is 0. The van der Waals surface area contributed by atoms with E-state index in [1.807, 2.05) is 20.8 Å². The van der Waals surface area contributed by atoms with E-state index >= 15 is 0 Å². The lowest BCUT2D eigenvalue weighted by Gasteiger charge is -2.23. The fraction of sp³-hybridized carbons (Fsp3) is 0.333. The molecular weight excluding hydrogens is 316 g/mol. The Bertz CT molecular complexity index is 779. The lowest BCUT2D eigenvalue weighted by Crippen LogP contribution is -2.14. The minimum Gasteiger partial charge on any atom is -0.478 e. The molecular formula is C18H19F2NO3. The number of allylic oxidation sites excluding steroid dienone is 1. The molecule has 1 aromatic carbocycles. The van der Waals surface area contributed by atoms with Gasteiger partial charge < -0.3 is 9.84 Å². The molecule has 0 aliphatic carbocycles. The highest BCUT2D eigenvalue weighted by molar-refractivity contribution is 5.88. The summed E-state index contributed by atoms with van der Waals surface area (Å²) in [5, 5.41) is 9.75. The van der Waals surface area contributed by atoms with Crippen LogP contribution in [0.25, 0.3) is 10.9 Å². The van der Waals surface area contributed by atoms with Crippen LogP contribution < -0.4 is 4.74 Å². The number of hydrogen-bond acceptors (Lipinski definition) is 3. The van der Waals surface area contributed by atoms with E-state index in [1.165, 1.54) is 18.3 Å².